The number of esters is 2. The summed E-state index contributed by atoms with van der Waals surface area (Å²) in [6.45, 7) is 15.9. The van der Waals surface area contributed by atoms with Crippen molar-refractivity contribution in [2.45, 2.75) is 77.9 Å². The molecule has 29 heavy (non-hydrogen) atoms. The highest BCUT2D eigenvalue weighted by Crippen LogP contribution is 2.37. The second kappa shape index (κ2) is 9.87. The number of hydrogen-bond acceptors (Lipinski definition) is 6. The van der Waals surface area contributed by atoms with Crippen LogP contribution in [0.1, 0.15) is 47.1 Å². The summed E-state index contributed by atoms with van der Waals surface area (Å²) in [5.41, 5.74) is 6.30. The second-order valence-electron chi connectivity index (χ2n) is 9.83. The van der Waals surface area contributed by atoms with E-state index >= 15 is 0 Å². The normalized spacial score (nSPS) is 14.8. The zero-order chi connectivity index (χ0) is 22.5. The van der Waals surface area contributed by atoms with Gasteiger partial charge in [-0.05, 0) is 44.5 Å². The molecule has 7 heteroatoms. The van der Waals surface area contributed by atoms with Crippen LogP contribution in [-0.4, -0.2) is 38.5 Å². The fourth-order valence-corrected chi connectivity index (χ4v) is 3.23. The van der Waals surface area contributed by atoms with Crippen molar-refractivity contribution in [2.24, 2.45) is 11.7 Å². The average molecular weight is 424 g/mol. The SMILES string of the molecule is CC(C)(C)OC(=O)C(CO[Si](C)(C)C(C)(C)C)[C@@H](N)C(=O)OCc1ccccc1. The summed E-state index contributed by atoms with van der Waals surface area (Å²) in [7, 11) is -2.14. The van der Waals surface area contributed by atoms with Crippen molar-refractivity contribution in [1.82, 2.24) is 0 Å². The lowest BCUT2D eigenvalue weighted by Gasteiger charge is -2.37. The van der Waals surface area contributed by atoms with E-state index in [0.717, 1.165) is 5.56 Å². The monoisotopic (exact) mass is 423 g/mol. The first-order valence-electron chi connectivity index (χ1n) is 9.97. The summed E-state index contributed by atoms with van der Waals surface area (Å²) in [4.78, 5) is 25.3. The Morgan fingerprint density at radius 2 is 1.55 bits per heavy atom. The predicted molar refractivity (Wildman–Crippen MR) is 117 cm³/mol. The Bertz CT molecular complexity index is 677. The molecule has 1 rings (SSSR count). The number of rotatable bonds is 8. The summed E-state index contributed by atoms with van der Waals surface area (Å²) >= 11 is 0. The molecular weight excluding hydrogens is 386 g/mol. The maximum atomic E-state index is 12.8. The van der Waals surface area contributed by atoms with Gasteiger partial charge < -0.3 is 19.6 Å². The minimum Gasteiger partial charge on any atom is -0.460 e. The lowest BCUT2D eigenvalue weighted by molar-refractivity contribution is -0.166. The number of ether oxygens (including phenoxy) is 2. The van der Waals surface area contributed by atoms with Gasteiger partial charge in [-0.15, -0.1) is 0 Å². The lowest BCUT2D eigenvalue weighted by atomic mass is 10.0. The van der Waals surface area contributed by atoms with Gasteiger partial charge in [0.05, 0.1) is 0 Å². The van der Waals surface area contributed by atoms with Gasteiger partial charge in [0.1, 0.15) is 24.2 Å². The minimum absolute atomic E-state index is 0.0208. The molecule has 2 atom stereocenters. The summed E-state index contributed by atoms with van der Waals surface area (Å²) in [6.07, 6.45) is 0. The highest BCUT2D eigenvalue weighted by atomic mass is 28.4. The molecule has 0 radical (unpaired) electrons. The molecule has 0 aromatic heterocycles. The first-order valence-corrected chi connectivity index (χ1v) is 12.9. The second-order valence-corrected chi connectivity index (χ2v) is 14.6. The van der Waals surface area contributed by atoms with Crippen LogP contribution in [-0.2, 0) is 30.1 Å². The first-order chi connectivity index (χ1) is 13.1. The lowest BCUT2D eigenvalue weighted by Crippen LogP contribution is -2.50. The number of nitrogens with two attached hydrogens (primary N) is 1. The van der Waals surface area contributed by atoms with Crippen molar-refractivity contribution < 1.29 is 23.5 Å². The average Bonchev–Trinajstić information content (AvgIpc) is 2.57. The molecule has 0 saturated carbocycles. The van der Waals surface area contributed by atoms with E-state index < -0.39 is 37.8 Å². The van der Waals surface area contributed by atoms with E-state index in [4.69, 9.17) is 19.6 Å². The Balaban J connectivity index is 2.90. The highest BCUT2D eigenvalue weighted by Gasteiger charge is 2.41. The van der Waals surface area contributed by atoms with Crippen molar-refractivity contribution in [3.05, 3.63) is 35.9 Å². The van der Waals surface area contributed by atoms with Crippen molar-refractivity contribution in [1.29, 1.82) is 0 Å². The van der Waals surface area contributed by atoms with Gasteiger partial charge >= 0.3 is 11.9 Å². The van der Waals surface area contributed by atoms with Crippen molar-refractivity contribution >= 4 is 20.3 Å². The Kier molecular flexibility index (Phi) is 8.62. The highest BCUT2D eigenvalue weighted by molar-refractivity contribution is 6.74. The number of carbonyl (C=O) groups excluding carboxylic acids is 2. The Labute approximate surface area is 176 Å². The van der Waals surface area contributed by atoms with Gasteiger partial charge in [-0.1, -0.05) is 51.1 Å². The van der Waals surface area contributed by atoms with Crippen LogP contribution in [0.4, 0.5) is 0 Å². The van der Waals surface area contributed by atoms with Crippen molar-refractivity contribution in [3.63, 3.8) is 0 Å². The molecular formula is C22H37NO5Si. The molecule has 0 aliphatic rings. The molecule has 1 aromatic carbocycles. The number of carbonyl (C=O) groups is 2. The van der Waals surface area contributed by atoms with Gasteiger partial charge in [-0.25, -0.2) is 0 Å². The van der Waals surface area contributed by atoms with Crippen LogP contribution in [0.3, 0.4) is 0 Å². The summed E-state index contributed by atoms with van der Waals surface area (Å²) in [5.74, 6) is -2.14. The van der Waals surface area contributed by atoms with Gasteiger partial charge in [0.25, 0.3) is 0 Å². The van der Waals surface area contributed by atoms with E-state index in [1.165, 1.54) is 0 Å². The molecule has 0 saturated heterocycles. The zero-order valence-corrected chi connectivity index (χ0v) is 20.1. The molecule has 0 aliphatic carbocycles. The molecule has 6 nitrogen and oxygen atoms in total. The van der Waals surface area contributed by atoms with E-state index in [1.54, 1.807) is 20.8 Å². The van der Waals surface area contributed by atoms with Crippen LogP contribution in [0.25, 0.3) is 0 Å². The zero-order valence-electron chi connectivity index (χ0n) is 19.1. The van der Waals surface area contributed by atoms with E-state index in [1.807, 2.05) is 30.3 Å². The van der Waals surface area contributed by atoms with Gasteiger partial charge in [-0.3, -0.25) is 9.59 Å². The third-order valence-electron chi connectivity index (χ3n) is 5.07. The maximum absolute atomic E-state index is 12.8. The molecule has 0 aliphatic heterocycles. The summed E-state index contributed by atoms with van der Waals surface area (Å²) in [6, 6.07) is 8.14. The van der Waals surface area contributed by atoms with Gasteiger partial charge in [0.2, 0.25) is 0 Å². The van der Waals surface area contributed by atoms with Crippen LogP contribution in [0.2, 0.25) is 18.1 Å². The Hall–Kier alpha value is -1.70. The van der Waals surface area contributed by atoms with E-state index in [9.17, 15) is 9.59 Å². The molecule has 0 fully saturated rings. The molecule has 2 N–H and O–H groups in total. The van der Waals surface area contributed by atoms with Crippen LogP contribution < -0.4 is 5.73 Å². The fraction of sp³-hybridized carbons (Fsp3) is 0.636. The van der Waals surface area contributed by atoms with Gasteiger partial charge in [0, 0.05) is 6.61 Å². The summed E-state index contributed by atoms with van der Waals surface area (Å²) < 4.78 is 17.0. The van der Waals surface area contributed by atoms with Crippen LogP contribution in [0.5, 0.6) is 0 Å². The third kappa shape index (κ3) is 8.28. The third-order valence-corrected chi connectivity index (χ3v) is 9.57. The minimum atomic E-state index is -2.14. The molecule has 0 bridgehead atoms. The topological polar surface area (TPSA) is 87.9 Å². The largest absolute Gasteiger partial charge is 0.460 e. The van der Waals surface area contributed by atoms with Crippen LogP contribution >= 0.6 is 0 Å². The Morgan fingerprint density at radius 1 is 1.00 bits per heavy atom. The molecule has 0 heterocycles. The molecule has 164 valence electrons. The van der Waals surface area contributed by atoms with E-state index in [-0.39, 0.29) is 18.3 Å². The van der Waals surface area contributed by atoms with Crippen molar-refractivity contribution in [3.8, 4) is 0 Å². The predicted octanol–water partition coefficient (Wildman–Crippen LogP) is 4.04. The van der Waals surface area contributed by atoms with E-state index in [2.05, 4.69) is 33.9 Å². The molecule has 1 aromatic rings. The first kappa shape index (κ1) is 25.3. The summed E-state index contributed by atoms with van der Waals surface area (Å²) in [5, 5.41) is -0.0383. The standard InChI is InChI=1S/C22H37NO5Si/c1-21(2,3)28-19(24)17(15-27-29(7,8)22(4,5)6)18(23)20(25)26-14-16-12-10-9-11-13-16/h9-13,17-18H,14-15,23H2,1-8H3/t17?,18-/m1/s1. The Morgan fingerprint density at radius 3 is 2.03 bits per heavy atom. The molecule has 0 spiro atoms. The van der Waals surface area contributed by atoms with E-state index in [0.29, 0.717) is 0 Å². The number of benzene rings is 1. The van der Waals surface area contributed by atoms with Crippen molar-refractivity contribution in [2.75, 3.05) is 6.61 Å². The van der Waals surface area contributed by atoms with Gasteiger partial charge in [0.15, 0.2) is 8.32 Å². The smallest absolute Gasteiger partial charge is 0.324 e. The molecule has 0 amide bonds. The fourth-order valence-electron chi connectivity index (χ4n) is 2.20. The van der Waals surface area contributed by atoms with Crippen LogP contribution in [0.15, 0.2) is 30.3 Å². The maximum Gasteiger partial charge on any atom is 0.324 e. The molecule has 1 unspecified atom stereocenters. The van der Waals surface area contributed by atoms with Gasteiger partial charge in [-0.2, -0.15) is 0 Å². The quantitative estimate of drug-likeness (QED) is 0.501. The van der Waals surface area contributed by atoms with Crippen LogP contribution in [0, 0.1) is 5.92 Å². The number of hydrogen-bond donors (Lipinski definition) is 1.